The maximum atomic E-state index is 12.5. The van der Waals surface area contributed by atoms with Crippen LogP contribution < -0.4 is 14.4 Å². The van der Waals surface area contributed by atoms with Gasteiger partial charge in [-0.1, -0.05) is 18.2 Å². The molecule has 1 saturated heterocycles. The fraction of sp³-hybridized carbons (Fsp3) is 0.304. The molecule has 30 heavy (non-hydrogen) atoms. The predicted octanol–water partition coefficient (Wildman–Crippen LogP) is 3.89. The molecule has 0 atom stereocenters. The van der Waals surface area contributed by atoms with E-state index in [1.54, 1.807) is 7.11 Å². The van der Waals surface area contributed by atoms with Crippen LogP contribution >= 0.6 is 11.8 Å². The van der Waals surface area contributed by atoms with Crippen molar-refractivity contribution in [2.45, 2.75) is 6.92 Å². The number of ether oxygens (including phenoxy) is 2. The van der Waals surface area contributed by atoms with Crippen LogP contribution in [0.1, 0.15) is 12.5 Å². The van der Waals surface area contributed by atoms with Crippen molar-refractivity contribution in [1.82, 2.24) is 4.90 Å². The first-order valence-electron chi connectivity index (χ1n) is 10.1. The Morgan fingerprint density at radius 2 is 1.73 bits per heavy atom. The van der Waals surface area contributed by atoms with Gasteiger partial charge in [-0.15, -0.1) is 0 Å². The molecule has 0 saturated carbocycles. The van der Waals surface area contributed by atoms with Crippen molar-refractivity contribution >= 4 is 34.6 Å². The van der Waals surface area contributed by atoms with Crippen LogP contribution in [0, 0.1) is 0 Å². The van der Waals surface area contributed by atoms with Gasteiger partial charge in [0, 0.05) is 37.4 Å². The molecule has 0 aromatic heterocycles. The molecule has 2 aromatic carbocycles. The first-order valence-corrected chi connectivity index (χ1v) is 10.9. The third kappa shape index (κ3) is 4.46. The molecule has 0 radical (unpaired) electrons. The highest BCUT2D eigenvalue weighted by atomic mass is 32.2. The largest absolute Gasteiger partial charge is 0.497 e. The Balaban J connectivity index is 1.39. The van der Waals surface area contributed by atoms with Crippen molar-refractivity contribution in [3.8, 4) is 11.5 Å². The van der Waals surface area contributed by atoms with Gasteiger partial charge in [-0.05, 0) is 55.1 Å². The van der Waals surface area contributed by atoms with Gasteiger partial charge in [0.25, 0.3) is 5.91 Å². The molecule has 156 valence electrons. The van der Waals surface area contributed by atoms with E-state index in [2.05, 4.69) is 26.9 Å². The van der Waals surface area contributed by atoms with Crippen molar-refractivity contribution in [2.75, 3.05) is 44.8 Å². The lowest BCUT2D eigenvalue weighted by molar-refractivity contribution is -0.113. The van der Waals surface area contributed by atoms with E-state index in [4.69, 9.17) is 9.47 Å². The minimum atomic E-state index is -0.182. The van der Waals surface area contributed by atoms with E-state index in [9.17, 15) is 4.79 Å². The molecule has 7 heteroatoms. The lowest BCUT2D eigenvalue weighted by atomic mass is 10.2. The Bertz CT molecular complexity index is 964. The van der Waals surface area contributed by atoms with Crippen molar-refractivity contribution in [3.63, 3.8) is 0 Å². The predicted molar refractivity (Wildman–Crippen MR) is 122 cm³/mol. The second-order valence-corrected chi connectivity index (χ2v) is 7.96. The number of rotatable bonds is 5. The van der Waals surface area contributed by atoms with E-state index in [1.165, 1.54) is 17.4 Å². The molecule has 2 aliphatic heterocycles. The van der Waals surface area contributed by atoms with Gasteiger partial charge in [0.2, 0.25) is 0 Å². The summed E-state index contributed by atoms with van der Waals surface area (Å²) in [4.78, 5) is 22.0. The lowest BCUT2D eigenvalue weighted by Gasteiger charge is -2.36. The van der Waals surface area contributed by atoms with Gasteiger partial charge < -0.3 is 19.3 Å². The van der Waals surface area contributed by atoms with Crippen LogP contribution in [0.4, 0.5) is 5.69 Å². The molecule has 0 aliphatic carbocycles. The number of thioether (sulfide) groups is 1. The van der Waals surface area contributed by atoms with Gasteiger partial charge in [0.1, 0.15) is 11.5 Å². The average molecular weight is 424 g/mol. The second kappa shape index (κ2) is 9.26. The molecule has 4 rings (SSSR count). The summed E-state index contributed by atoms with van der Waals surface area (Å²) in [6.07, 6.45) is 1.88. The van der Waals surface area contributed by atoms with E-state index in [0.717, 1.165) is 48.4 Å². The minimum absolute atomic E-state index is 0.182. The summed E-state index contributed by atoms with van der Waals surface area (Å²) in [5, 5.41) is 0.787. The molecule has 2 heterocycles. The third-order valence-corrected chi connectivity index (χ3v) is 6.15. The van der Waals surface area contributed by atoms with Crippen LogP contribution in [-0.2, 0) is 4.79 Å². The van der Waals surface area contributed by atoms with Crippen LogP contribution in [-0.4, -0.2) is 55.9 Å². The zero-order valence-electron chi connectivity index (χ0n) is 17.2. The molecular formula is C23H25N3O3S. The summed E-state index contributed by atoms with van der Waals surface area (Å²) in [5.74, 6) is 1.46. The highest BCUT2D eigenvalue weighted by Gasteiger charge is 2.28. The summed E-state index contributed by atoms with van der Waals surface area (Å²) < 4.78 is 10.9. The summed E-state index contributed by atoms with van der Waals surface area (Å²) >= 11 is 1.45. The van der Waals surface area contributed by atoms with Crippen LogP contribution in [0.25, 0.3) is 6.08 Å². The first-order chi connectivity index (χ1) is 14.7. The van der Waals surface area contributed by atoms with Crippen LogP contribution in [0.5, 0.6) is 11.5 Å². The fourth-order valence-electron chi connectivity index (χ4n) is 3.51. The summed E-state index contributed by atoms with van der Waals surface area (Å²) in [5.41, 5.74) is 2.08. The van der Waals surface area contributed by atoms with Gasteiger partial charge in [0.05, 0.1) is 18.6 Å². The van der Waals surface area contributed by atoms with E-state index < -0.39 is 0 Å². The highest BCUT2D eigenvalue weighted by Crippen LogP contribution is 2.33. The normalized spacial score (nSPS) is 18.0. The Hall–Kier alpha value is -2.93. The van der Waals surface area contributed by atoms with Gasteiger partial charge in [-0.25, -0.2) is 0 Å². The average Bonchev–Trinajstić information content (AvgIpc) is 3.16. The maximum Gasteiger partial charge on any atom is 0.286 e. The molecule has 2 aromatic rings. The molecule has 0 bridgehead atoms. The highest BCUT2D eigenvalue weighted by molar-refractivity contribution is 8.18. The number of carbonyl (C=O) groups excluding carboxylic acids is 1. The Morgan fingerprint density at radius 1 is 1.03 bits per heavy atom. The second-order valence-electron chi connectivity index (χ2n) is 6.95. The first kappa shape index (κ1) is 20.3. The van der Waals surface area contributed by atoms with Crippen LogP contribution in [0.3, 0.4) is 0 Å². The molecule has 0 unspecified atom stereocenters. The molecule has 6 nitrogen and oxygen atoms in total. The van der Waals surface area contributed by atoms with Gasteiger partial charge in [-0.3, -0.25) is 4.79 Å². The minimum Gasteiger partial charge on any atom is -0.497 e. The van der Waals surface area contributed by atoms with E-state index >= 15 is 0 Å². The van der Waals surface area contributed by atoms with Crippen LogP contribution in [0.15, 0.2) is 58.4 Å². The number of benzene rings is 2. The number of para-hydroxylation sites is 1. The smallest absolute Gasteiger partial charge is 0.286 e. The number of methoxy groups -OCH3 is 1. The fourth-order valence-corrected chi connectivity index (χ4v) is 4.47. The lowest BCUT2D eigenvalue weighted by Crippen LogP contribution is -2.47. The van der Waals surface area contributed by atoms with Crippen molar-refractivity contribution in [1.29, 1.82) is 0 Å². The Kier molecular flexibility index (Phi) is 6.28. The quantitative estimate of drug-likeness (QED) is 0.680. The van der Waals surface area contributed by atoms with Gasteiger partial charge in [-0.2, -0.15) is 4.99 Å². The Morgan fingerprint density at radius 3 is 2.43 bits per heavy atom. The number of anilines is 1. The molecule has 0 spiro atoms. The number of amidine groups is 1. The summed E-state index contributed by atoms with van der Waals surface area (Å²) in [7, 11) is 1.67. The van der Waals surface area contributed by atoms with E-state index in [1.807, 2.05) is 49.4 Å². The number of aliphatic imine (C=N–C) groups is 1. The number of carbonyl (C=O) groups is 1. The Labute approximate surface area is 181 Å². The van der Waals surface area contributed by atoms with Crippen molar-refractivity contribution < 1.29 is 14.3 Å². The summed E-state index contributed by atoms with van der Waals surface area (Å²) in [6, 6.07) is 15.9. The number of hydrogen-bond acceptors (Lipinski definition) is 6. The van der Waals surface area contributed by atoms with Crippen molar-refractivity contribution in [2.24, 2.45) is 4.99 Å². The molecule has 1 amide bonds. The van der Waals surface area contributed by atoms with Crippen molar-refractivity contribution in [3.05, 3.63) is 59.0 Å². The van der Waals surface area contributed by atoms with E-state index in [-0.39, 0.29) is 5.91 Å². The standard InChI is InChI=1S/C23H25N3O3S/c1-3-29-20-7-5-4-6-17(20)16-21-22(27)24-23(30-21)26-14-12-25(13-15-26)18-8-10-19(28-2)11-9-18/h4-11,16H,3,12-15H2,1-2H3/b21-16-. The maximum absolute atomic E-state index is 12.5. The number of amides is 1. The summed E-state index contributed by atoms with van der Waals surface area (Å²) in [6.45, 7) is 5.95. The molecule has 2 aliphatic rings. The number of nitrogens with zero attached hydrogens (tertiary/aromatic N) is 3. The topological polar surface area (TPSA) is 54.4 Å². The monoisotopic (exact) mass is 423 g/mol. The zero-order valence-corrected chi connectivity index (χ0v) is 18.0. The number of piperazine rings is 1. The molecule has 1 fully saturated rings. The van der Waals surface area contributed by atoms with Crippen LogP contribution in [0.2, 0.25) is 0 Å². The third-order valence-electron chi connectivity index (χ3n) is 5.10. The zero-order chi connectivity index (χ0) is 20.9. The van der Waals surface area contributed by atoms with Gasteiger partial charge >= 0.3 is 0 Å². The van der Waals surface area contributed by atoms with Gasteiger partial charge in [0.15, 0.2) is 5.17 Å². The van der Waals surface area contributed by atoms with E-state index in [0.29, 0.717) is 11.5 Å². The number of hydrogen-bond donors (Lipinski definition) is 0. The molecule has 0 N–H and O–H groups in total. The molecular weight excluding hydrogens is 398 g/mol. The SMILES string of the molecule is CCOc1ccccc1/C=C1\SC(N2CCN(c3ccc(OC)cc3)CC2)=NC1=O.